The maximum atomic E-state index is 13.5. The fourth-order valence-electron chi connectivity index (χ4n) is 6.10. The van der Waals surface area contributed by atoms with Crippen LogP contribution < -0.4 is 0 Å². The summed E-state index contributed by atoms with van der Waals surface area (Å²) in [6, 6.07) is 2.38. The van der Waals surface area contributed by atoms with Crippen molar-refractivity contribution in [2.75, 3.05) is 0 Å². The minimum Gasteiger partial charge on any atom is -0.300 e. The smallest absolute Gasteiger partial charge is 0.163 e. The van der Waals surface area contributed by atoms with Crippen LogP contribution in [0.25, 0.3) is 0 Å². The summed E-state index contributed by atoms with van der Waals surface area (Å²) in [6.45, 7) is 21.1. The van der Waals surface area contributed by atoms with E-state index in [9.17, 15) is 14.4 Å². The van der Waals surface area contributed by atoms with E-state index in [0.717, 1.165) is 50.5 Å². The Labute approximate surface area is 228 Å². The van der Waals surface area contributed by atoms with Gasteiger partial charge >= 0.3 is 0 Å². The molecule has 3 unspecified atom stereocenters. The van der Waals surface area contributed by atoms with Gasteiger partial charge < -0.3 is 0 Å². The third-order valence-corrected chi connectivity index (χ3v) is 7.84. The summed E-state index contributed by atoms with van der Waals surface area (Å²) in [6.07, 6.45) is 8.62. The van der Waals surface area contributed by atoms with Gasteiger partial charge in [0.05, 0.1) is 6.42 Å². The molecule has 210 valence electrons. The normalized spacial score (nSPS) is 16.8. The van der Waals surface area contributed by atoms with Crippen LogP contribution in [0.2, 0.25) is 0 Å². The van der Waals surface area contributed by atoms with E-state index in [0.29, 0.717) is 18.3 Å². The topological polar surface area (TPSA) is 51.2 Å². The van der Waals surface area contributed by atoms with Gasteiger partial charge in [-0.25, -0.2) is 0 Å². The molecule has 0 spiro atoms. The first-order chi connectivity index (χ1) is 17.4. The molecule has 0 heterocycles. The van der Waals surface area contributed by atoms with Gasteiger partial charge in [-0.15, -0.1) is 0 Å². The van der Waals surface area contributed by atoms with Crippen molar-refractivity contribution < 1.29 is 14.4 Å². The van der Waals surface area contributed by atoms with E-state index in [-0.39, 0.29) is 41.5 Å². The molecule has 1 aromatic carbocycles. The Hall–Kier alpha value is -1.77. The van der Waals surface area contributed by atoms with Crippen LogP contribution in [0.15, 0.2) is 6.07 Å². The largest absolute Gasteiger partial charge is 0.300 e. The number of carbonyl (C=O) groups excluding carboxylic acids is 3. The van der Waals surface area contributed by atoms with E-state index in [2.05, 4.69) is 68.4 Å². The van der Waals surface area contributed by atoms with Crippen LogP contribution in [0.5, 0.6) is 0 Å². The molecule has 37 heavy (non-hydrogen) atoms. The van der Waals surface area contributed by atoms with Gasteiger partial charge in [0.2, 0.25) is 0 Å². The summed E-state index contributed by atoms with van der Waals surface area (Å²) >= 11 is 0. The molecular formula is C34H56O3. The highest BCUT2D eigenvalue weighted by Gasteiger charge is 2.34. The minimum atomic E-state index is -0.0786. The van der Waals surface area contributed by atoms with Gasteiger partial charge in [-0.3, -0.25) is 14.4 Å². The quantitative estimate of drug-likeness (QED) is 0.247. The van der Waals surface area contributed by atoms with Gasteiger partial charge in [-0.2, -0.15) is 0 Å². The Morgan fingerprint density at radius 2 is 1.62 bits per heavy atom. The van der Waals surface area contributed by atoms with Gasteiger partial charge in [0.1, 0.15) is 11.6 Å². The molecule has 0 fully saturated rings. The minimum absolute atomic E-state index is 0.0427. The molecule has 1 aromatic rings. The summed E-state index contributed by atoms with van der Waals surface area (Å²) in [5.74, 6) is 1.79. The first-order valence-corrected chi connectivity index (χ1v) is 15.1. The molecule has 3 atom stereocenters. The summed E-state index contributed by atoms with van der Waals surface area (Å²) in [7, 11) is 0. The van der Waals surface area contributed by atoms with Crippen LogP contribution in [0.4, 0.5) is 0 Å². The Bertz CT molecular complexity index is 893. The Balaban J connectivity index is 0.00000217. The van der Waals surface area contributed by atoms with Gasteiger partial charge in [0.25, 0.3) is 0 Å². The zero-order chi connectivity index (χ0) is 28.3. The van der Waals surface area contributed by atoms with E-state index in [1.807, 2.05) is 0 Å². The lowest BCUT2D eigenvalue weighted by atomic mass is 9.70. The predicted octanol–water partition coefficient (Wildman–Crippen LogP) is 9.25. The maximum absolute atomic E-state index is 13.5. The highest BCUT2D eigenvalue weighted by molar-refractivity contribution is 6.01. The first kappa shape index (κ1) is 33.3. The van der Waals surface area contributed by atoms with Crippen molar-refractivity contribution in [1.29, 1.82) is 0 Å². The van der Waals surface area contributed by atoms with Crippen LogP contribution in [0.3, 0.4) is 0 Å². The predicted molar refractivity (Wildman–Crippen MR) is 158 cm³/mol. The number of carbonyl (C=O) groups is 3. The summed E-state index contributed by atoms with van der Waals surface area (Å²) in [5, 5.41) is 0. The number of hydrogen-bond acceptors (Lipinski definition) is 3. The van der Waals surface area contributed by atoms with Crippen molar-refractivity contribution in [1.82, 2.24) is 0 Å². The molecule has 0 aromatic heterocycles. The number of rotatable bonds is 13. The Kier molecular flexibility index (Phi) is 14.6. The SMILES string of the molecule is CCC.CCCC(CC1CC(=O)c2c(C)c(CCC(C)C)cc(C(C)C)c2C1)C(CC)C(=O)CC(C)=O. The van der Waals surface area contributed by atoms with Crippen molar-refractivity contribution in [2.24, 2.45) is 23.7 Å². The Morgan fingerprint density at radius 3 is 2.11 bits per heavy atom. The number of ketones is 3. The van der Waals surface area contributed by atoms with E-state index in [1.165, 1.54) is 35.6 Å². The summed E-state index contributed by atoms with van der Waals surface area (Å²) in [5.41, 5.74) is 6.13. The highest BCUT2D eigenvalue weighted by Crippen LogP contribution is 2.40. The molecule has 3 heteroatoms. The molecular weight excluding hydrogens is 456 g/mol. The molecule has 2 rings (SSSR count). The lowest BCUT2D eigenvalue weighted by Crippen LogP contribution is -2.30. The van der Waals surface area contributed by atoms with Crippen molar-refractivity contribution in [3.05, 3.63) is 33.9 Å². The fourth-order valence-corrected chi connectivity index (χ4v) is 6.10. The maximum Gasteiger partial charge on any atom is 0.163 e. The fraction of sp³-hybridized carbons (Fsp3) is 0.735. The van der Waals surface area contributed by atoms with Crippen LogP contribution in [0.1, 0.15) is 152 Å². The van der Waals surface area contributed by atoms with Gasteiger partial charge in [0, 0.05) is 17.9 Å². The van der Waals surface area contributed by atoms with Crippen LogP contribution in [0, 0.1) is 30.6 Å². The molecule has 0 N–H and O–H groups in total. The summed E-state index contributed by atoms with van der Waals surface area (Å²) in [4.78, 5) is 38.0. The molecule has 0 saturated carbocycles. The second kappa shape index (κ2) is 16.2. The average molecular weight is 513 g/mol. The summed E-state index contributed by atoms with van der Waals surface area (Å²) < 4.78 is 0. The van der Waals surface area contributed by atoms with E-state index < -0.39 is 0 Å². The van der Waals surface area contributed by atoms with Crippen molar-refractivity contribution in [3.63, 3.8) is 0 Å². The molecule has 1 aliphatic rings. The van der Waals surface area contributed by atoms with Crippen molar-refractivity contribution >= 4 is 17.3 Å². The average Bonchev–Trinajstić information content (AvgIpc) is 2.78. The standard InChI is InChI=1S/C31H48O3.C3H8/c1-9-11-25(26(10-2)29(33)14-21(7)32)15-23-16-28-27(20(5)6)18-24(13-12-19(3)4)22(8)31(28)30(34)17-23;1-3-2/h18-20,23,25-26H,9-17H2,1-8H3;3H2,1-2H3. The van der Waals surface area contributed by atoms with Crippen LogP contribution >= 0.6 is 0 Å². The second-order valence-corrected chi connectivity index (χ2v) is 12.2. The van der Waals surface area contributed by atoms with E-state index >= 15 is 0 Å². The van der Waals surface area contributed by atoms with E-state index in [1.54, 1.807) is 0 Å². The van der Waals surface area contributed by atoms with Crippen LogP contribution in [-0.4, -0.2) is 17.3 Å². The molecule has 1 aliphatic carbocycles. The second-order valence-electron chi connectivity index (χ2n) is 12.2. The van der Waals surface area contributed by atoms with E-state index in [4.69, 9.17) is 0 Å². The molecule has 0 amide bonds. The monoisotopic (exact) mass is 512 g/mol. The van der Waals surface area contributed by atoms with Gasteiger partial charge in [-0.05, 0) is 91.9 Å². The lowest BCUT2D eigenvalue weighted by Gasteiger charge is -2.33. The molecule has 3 nitrogen and oxygen atoms in total. The molecule has 0 bridgehead atoms. The van der Waals surface area contributed by atoms with Gasteiger partial charge in [0.15, 0.2) is 5.78 Å². The number of aryl methyl sites for hydroxylation is 1. The number of fused-ring (bicyclic) bond motifs is 1. The third kappa shape index (κ3) is 9.80. The number of Topliss-reactive ketones (excluding diaryl/α,β-unsaturated/α-hetero) is 3. The number of benzene rings is 1. The van der Waals surface area contributed by atoms with Crippen molar-refractivity contribution in [3.8, 4) is 0 Å². The zero-order valence-electron chi connectivity index (χ0n) is 25.8. The molecule has 0 saturated heterocycles. The third-order valence-electron chi connectivity index (χ3n) is 7.84. The van der Waals surface area contributed by atoms with Crippen LogP contribution in [-0.2, 0) is 22.4 Å². The molecule has 0 aliphatic heterocycles. The Morgan fingerprint density at radius 1 is 1.00 bits per heavy atom. The number of hydrogen-bond donors (Lipinski definition) is 0. The highest BCUT2D eigenvalue weighted by atomic mass is 16.1. The zero-order valence-corrected chi connectivity index (χ0v) is 25.8. The lowest BCUT2D eigenvalue weighted by molar-refractivity contribution is -0.129. The van der Waals surface area contributed by atoms with Crippen molar-refractivity contribution in [2.45, 2.75) is 139 Å². The van der Waals surface area contributed by atoms with Gasteiger partial charge in [-0.1, -0.05) is 80.7 Å². The first-order valence-electron chi connectivity index (χ1n) is 15.1. The molecule has 0 radical (unpaired) electrons.